The summed E-state index contributed by atoms with van der Waals surface area (Å²) in [7, 11) is 0. The average Bonchev–Trinajstić information content (AvgIpc) is 2.28. The summed E-state index contributed by atoms with van der Waals surface area (Å²) >= 11 is 5.73. The molecule has 2 nitrogen and oxygen atoms in total. The molecule has 1 aromatic rings. The Bertz CT molecular complexity index is 363. The van der Waals surface area contributed by atoms with Crippen LogP contribution in [0.15, 0.2) is 24.3 Å². The number of hydrogen-bond donors (Lipinski definition) is 1. The van der Waals surface area contributed by atoms with Crippen LogP contribution >= 0.6 is 11.6 Å². The topological polar surface area (TPSA) is 29.1 Å². The predicted molar refractivity (Wildman–Crippen MR) is 69.1 cm³/mol. The Balaban J connectivity index is 2.91. The van der Waals surface area contributed by atoms with Gasteiger partial charge < -0.3 is 5.32 Å². The molecule has 1 rings (SSSR count). The van der Waals surface area contributed by atoms with Gasteiger partial charge in [-0.25, -0.2) is 0 Å². The maximum atomic E-state index is 11.5. The highest BCUT2D eigenvalue weighted by molar-refractivity contribution is 6.32. The molecule has 0 aliphatic rings. The van der Waals surface area contributed by atoms with Gasteiger partial charge in [-0.15, -0.1) is 11.6 Å². The van der Waals surface area contributed by atoms with Crippen molar-refractivity contribution in [2.45, 2.75) is 38.5 Å². The molecular formula is C13H18ClNO. The molecule has 1 amide bonds. The summed E-state index contributed by atoms with van der Waals surface area (Å²) in [6.45, 7) is 5.95. The number of alkyl halides is 1. The molecule has 3 heteroatoms. The fourth-order valence-electron chi connectivity index (χ4n) is 1.49. The predicted octanol–water partition coefficient (Wildman–Crippen LogP) is 3.77. The van der Waals surface area contributed by atoms with E-state index in [1.165, 1.54) is 0 Å². The molecule has 16 heavy (non-hydrogen) atoms. The Morgan fingerprint density at radius 3 is 2.56 bits per heavy atom. The highest BCUT2D eigenvalue weighted by Gasteiger charge is 2.13. The van der Waals surface area contributed by atoms with Gasteiger partial charge in [0, 0.05) is 5.69 Å². The first-order chi connectivity index (χ1) is 7.56. The van der Waals surface area contributed by atoms with E-state index in [0.717, 1.165) is 17.7 Å². The number of carbonyl (C=O) groups excluding carboxylic acids is 1. The SMILES string of the molecule is CCC(C)c1ccccc1NC(=O)C(C)Cl. The highest BCUT2D eigenvalue weighted by atomic mass is 35.5. The van der Waals surface area contributed by atoms with Crippen molar-refractivity contribution in [3.63, 3.8) is 0 Å². The van der Waals surface area contributed by atoms with Crippen LogP contribution < -0.4 is 5.32 Å². The zero-order chi connectivity index (χ0) is 12.1. The van der Waals surface area contributed by atoms with Crippen LogP contribution in [-0.4, -0.2) is 11.3 Å². The molecule has 0 aliphatic heterocycles. The number of anilines is 1. The minimum atomic E-state index is -0.509. The van der Waals surface area contributed by atoms with Crippen LogP contribution in [0.25, 0.3) is 0 Å². The van der Waals surface area contributed by atoms with Gasteiger partial charge in [-0.2, -0.15) is 0 Å². The molecule has 0 heterocycles. The molecule has 0 aliphatic carbocycles. The second kappa shape index (κ2) is 5.90. The van der Waals surface area contributed by atoms with Crippen molar-refractivity contribution >= 4 is 23.2 Å². The summed E-state index contributed by atoms with van der Waals surface area (Å²) in [5.41, 5.74) is 2.03. The fourth-order valence-corrected chi connectivity index (χ4v) is 1.55. The number of nitrogens with one attached hydrogen (secondary N) is 1. The third-order valence-corrected chi connectivity index (χ3v) is 2.92. The second-order valence-corrected chi connectivity index (χ2v) is 4.66. The first-order valence-electron chi connectivity index (χ1n) is 5.60. The van der Waals surface area contributed by atoms with E-state index in [1.54, 1.807) is 6.92 Å². The zero-order valence-corrected chi connectivity index (χ0v) is 10.7. The van der Waals surface area contributed by atoms with E-state index < -0.39 is 5.38 Å². The van der Waals surface area contributed by atoms with Gasteiger partial charge in [-0.1, -0.05) is 32.0 Å². The van der Waals surface area contributed by atoms with Gasteiger partial charge >= 0.3 is 0 Å². The first-order valence-corrected chi connectivity index (χ1v) is 6.03. The van der Waals surface area contributed by atoms with E-state index in [4.69, 9.17) is 11.6 Å². The van der Waals surface area contributed by atoms with Gasteiger partial charge in [0.25, 0.3) is 0 Å². The van der Waals surface area contributed by atoms with Crippen molar-refractivity contribution in [1.82, 2.24) is 0 Å². The summed E-state index contributed by atoms with van der Waals surface area (Å²) < 4.78 is 0. The Hall–Kier alpha value is -1.02. The van der Waals surface area contributed by atoms with Crippen molar-refractivity contribution in [3.8, 4) is 0 Å². The lowest BCUT2D eigenvalue weighted by atomic mass is 9.97. The van der Waals surface area contributed by atoms with Gasteiger partial charge in [-0.05, 0) is 30.9 Å². The van der Waals surface area contributed by atoms with Crippen LogP contribution in [0.5, 0.6) is 0 Å². The third-order valence-electron chi connectivity index (χ3n) is 2.72. The Morgan fingerprint density at radius 1 is 1.38 bits per heavy atom. The Morgan fingerprint density at radius 2 is 2.00 bits per heavy atom. The largest absolute Gasteiger partial charge is 0.325 e. The van der Waals surface area contributed by atoms with Gasteiger partial charge in [-0.3, -0.25) is 4.79 Å². The third kappa shape index (κ3) is 3.24. The minimum Gasteiger partial charge on any atom is -0.325 e. The zero-order valence-electron chi connectivity index (χ0n) is 9.96. The number of halogens is 1. The van der Waals surface area contributed by atoms with Crippen LogP contribution in [0, 0.1) is 0 Å². The van der Waals surface area contributed by atoms with Gasteiger partial charge in [0.2, 0.25) is 5.91 Å². The van der Waals surface area contributed by atoms with Crippen LogP contribution in [-0.2, 0) is 4.79 Å². The summed E-state index contributed by atoms with van der Waals surface area (Å²) in [6, 6.07) is 7.86. The molecule has 0 spiro atoms. The smallest absolute Gasteiger partial charge is 0.242 e. The standard InChI is InChI=1S/C13H18ClNO/c1-4-9(2)11-7-5-6-8-12(11)15-13(16)10(3)14/h5-10H,4H2,1-3H3,(H,15,16). The molecule has 0 saturated carbocycles. The van der Waals surface area contributed by atoms with Gasteiger partial charge in [0.1, 0.15) is 5.38 Å². The lowest BCUT2D eigenvalue weighted by molar-refractivity contribution is -0.115. The number of hydrogen-bond acceptors (Lipinski definition) is 1. The summed E-state index contributed by atoms with van der Waals surface area (Å²) in [4.78, 5) is 11.5. The Kier molecular flexibility index (Phi) is 4.81. The second-order valence-electron chi connectivity index (χ2n) is 4.00. The van der Waals surface area contributed by atoms with E-state index in [9.17, 15) is 4.79 Å². The lowest BCUT2D eigenvalue weighted by Gasteiger charge is -2.16. The van der Waals surface area contributed by atoms with Gasteiger partial charge in [0.05, 0.1) is 0 Å². The molecule has 0 radical (unpaired) electrons. The molecule has 0 saturated heterocycles. The number of amides is 1. The van der Waals surface area contributed by atoms with E-state index in [-0.39, 0.29) is 5.91 Å². The van der Waals surface area contributed by atoms with E-state index in [2.05, 4.69) is 19.2 Å². The fraction of sp³-hybridized carbons (Fsp3) is 0.462. The Labute approximate surface area is 102 Å². The molecule has 88 valence electrons. The monoisotopic (exact) mass is 239 g/mol. The van der Waals surface area contributed by atoms with Crippen molar-refractivity contribution in [2.75, 3.05) is 5.32 Å². The maximum Gasteiger partial charge on any atom is 0.242 e. The molecule has 2 atom stereocenters. The molecular weight excluding hydrogens is 222 g/mol. The molecule has 1 aromatic carbocycles. The van der Waals surface area contributed by atoms with Crippen LogP contribution in [0.2, 0.25) is 0 Å². The maximum absolute atomic E-state index is 11.5. The number of carbonyl (C=O) groups is 1. The molecule has 0 fully saturated rings. The normalized spacial score (nSPS) is 14.2. The number of benzene rings is 1. The van der Waals surface area contributed by atoms with E-state index >= 15 is 0 Å². The highest BCUT2D eigenvalue weighted by Crippen LogP contribution is 2.26. The van der Waals surface area contributed by atoms with Gasteiger partial charge in [0.15, 0.2) is 0 Å². The van der Waals surface area contributed by atoms with E-state index in [0.29, 0.717) is 5.92 Å². The van der Waals surface area contributed by atoms with Crippen LogP contribution in [0.1, 0.15) is 38.7 Å². The average molecular weight is 240 g/mol. The van der Waals surface area contributed by atoms with Crippen LogP contribution in [0.3, 0.4) is 0 Å². The molecule has 1 N–H and O–H groups in total. The molecule has 0 aromatic heterocycles. The summed E-state index contributed by atoms with van der Waals surface area (Å²) in [5.74, 6) is 0.277. The number of para-hydroxylation sites is 1. The minimum absolute atomic E-state index is 0.155. The van der Waals surface area contributed by atoms with Crippen molar-refractivity contribution in [2.24, 2.45) is 0 Å². The van der Waals surface area contributed by atoms with Crippen LogP contribution in [0.4, 0.5) is 5.69 Å². The van der Waals surface area contributed by atoms with Crippen molar-refractivity contribution in [3.05, 3.63) is 29.8 Å². The van der Waals surface area contributed by atoms with E-state index in [1.807, 2.05) is 24.3 Å². The first kappa shape index (κ1) is 13.0. The van der Waals surface area contributed by atoms with Crippen molar-refractivity contribution in [1.29, 1.82) is 0 Å². The van der Waals surface area contributed by atoms with Crippen molar-refractivity contribution < 1.29 is 4.79 Å². The summed E-state index contributed by atoms with van der Waals surface area (Å²) in [6.07, 6.45) is 1.04. The quantitative estimate of drug-likeness (QED) is 0.797. The number of rotatable bonds is 4. The summed E-state index contributed by atoms with van der Waals surface area (Å²) in [5, 5.41) is 2.35. The molecule has 2 unspecified atom stereocenters. The molecule has 0 bridgehead atoms. The lowest BCUT2D eigenvalue weighted by Crippen LogP contribution is -2.21.